The fourth-order valence-electron chi connectivity index (χ4n) is 1.09. The molecule has 0 bridgehead atoms. The highest BCUT2D eigenvalue weighted by Crippen LogP contribution is 2.08. The van der Waals surface area contributed by atoms with Gasteiger partial charge in [-0.2, -0.15) is 15.0 Å². The van der Waals surface area contributed by atoms with Crippen molar-refractivity contribution >= 4 is 30.3 Å². The molecule has 0 radical (unpaired) electrons. The minimum atomic E-state index is 0. The Morgan fingerprint density at radius 3 is 1.12 bits per heavy atom. The number of aromatic nitrogens is 3. The fraction of sp³-hybridized carbons (Fsp3) is 0.667. The molecule has 3 N–H and O–H groups in total. The number of halogens is 1. The second-order valence-electron chi connectivity index (χ2n) is 2.90. The van der Waals surface area contributed by atoms with Gasteiger partial charge in [0.1, 0.15) is 0 Å². The van der Waals surface area contributed by atoms with Crippen LogP contribution in [0.2, 0.25) is 0 Å². The molecule has 92 valence electrons. The van der Waals surface area contributed by atoms with E-state index in [0.29, 0.717) is 17.8 Å². The summed E-state index contributed by atoms with van der Waals surface area (Å²) in [5.41, 5.74) is 0. The number of rotatable bonds is 6. The zero-order valence-corrected chi connectivity index (χ0v) is 10.7. The summed E-state index contributed by atoms with van der Waals surface area (Å²) in [6.45, 7) is 8.39. The van der Waals surface area contributed by atoms with Crippen LogP contribution in [0.15, 0.2) is 0 Å². The summed E-state index contributed by atoms with van der Waals surface area (Å²) in [7, 11) is 0. The predicted molar refractivity (Wildman–Crippen MR) is 69.6 cm³/mol. The van der Waals surface area contributed by atoms with E-state index in [4.69, 9.17) is 0 Å². The first-order chi connectivity index (χ1) is 7.30. The van der Waals surface area contributed by atoms with E-state index in [1.165, 1.54) is 0 Å². The van der Waals surface area contributed by atoms with Gasteiger partial charge >= 0.3 is 0 Å². The molecular formula is C9H19ClN6. The molecule has 6 nitrogen and oxygen atoms in total. The summed E-state index contributed by atoms with van der Waals surface area (Å²) >= 11 is 0. The first-order valence-electron chi connectivity index (χ1n) is 5.27. The van der Waals surface area contributed by atoms with E-state index < -0.39 is 0 Å². The van der Waals surface area contributed by atoms with Gasteiger partial charge in [0.15, 0.2) is 0 Å². The van der Waals surface area contributed by atoms with Crippen molar-refractivity contribution < 1.29 is 0 Å². The van der Waals surface area contributed by atoms with Gasteiger partial charge in [0.05, 0.1) is 0 Å². The third-order valence-electron chi connectivity index (χ3n) is 1.64. The van der Waals surface area contributed by atoms with Crippen LogP contribution in [0.25, 0.3) is 0 Å². The Morgan fingerprint density at radius 1 is 0.688 bits per heavy atom. The van der Waals surface area contributed by atoms with E-state index in [9.17, 15) is 0 Å². The molecule has 1 aromatic rings. The van der Waals surface area contributed by atoms with Crippen LogP contribution in [-0.4, -0.2) is 34.6 Å². The highest BCUT2D eigenvalue weighted by molar-refractivity contribution is 5.85. The molecule has 0 saturated heterocycles. The Kier molecular flexibility index (Phi) is 7.28. The topological polar surface area (TPSA) is 74.8 Å². The number of anilines is 3. The van der Waals surface area contributed by atoms with Crippen LogP contribution in [0, 0.1) is 0 Å². The van der Waals surface area contributed by atoms with E-state index >= 15 is 0 Å². The molecule has 7 heteroatoms. The standard InChI is InChI=1S/C9H18N6.ClH/c1-4-10-7-13-8(11-5-2)15-9(14-7)12-6-3;/h4-6H2,1-3H3,(H3,10,11,12,13,14,15);1H. The monoisotopic (exact) mass is 246 g/mol. The predicted octanol–water partition coefficient (Wildman–Crippen LogP) is 1.59. The molecule has 1 heterocycles. The maximum Gasteiger partial charge on any atom is 0.229 e. The SMILES string of the molecule is CCNc1nc(NCC)nc(NCC)n1.Cl. The lowest BCUT2D eigenvalue weighted by atomic mass is 10.7. The van der Waals surface area contributed by atoms with Crippen LogP contribution in [0.4, 0.5) is 17.8 Å². The van der Waals surface area contributed by atoms with Crippen LogP contribution in [0.5, 0.6) is 0 Å². The van der Waals surface area contributed by atoms with Gasteiger partial charge in [0, 0.05) is 19.6 Å². The number of nitrogens with zero attached hydrogens (tertiary/aromatic N) is 3. The molecule has 16 heavy (non-hydrogen) atoms. The molecule has 0 amide bonds. The molecule has 0 aliphatic carbocycles. The van der Waals surface area contributed by atoms with Crippen LogP contribution in [-0.2, 0) is 0 Å². The lowest BCUT2D eigenvalue weighted by molar-refractivity contribution is 0.985. The highest BCUT2D eigenvalue weighted by Gasteiger charge is 2.03. The van der Waals surface area contributed by atoms with E-state index in [1.807, 2.05) is 20.8 Å². The zero-order chi connectivity index (χ0) is 11.1. The first-order valence-corrected chi connectivity index (χ1v) is 5.27. The summed E-state index contributed by atoms with van der Waals surface area (Å²) < 4.78 is 0. The van der Waals surface area contributed by atoms with Gasteiger partial charge in [-0.15, -0.1) is 12.4 Å². The molecule has 1 aromatic heterocycles. The molecule has 0 spiro atoms. The number of nitrogens with one attached hydrogen (secondary N) is 3. The Labute approximate surface area is 102 Å². The lowest BCUT2D eigenvalue weighted by Crippen LogP contribution is -2.11. The van der Waals surface area contributed by atoms with E-state index in [0.717, 1.165) is 19.6 Å². The van der Waals surface area contributed by atoms with Gasteiger partial charge in [-0.05, 0) is 20.8 Å². The maximum absolute atomic E-state index is 4.21. The van der Waals surface area contributed by atoms with Gasteiger partial charge in [-0.1, -0.05) is 0 Å². The van der Waals surface area contributed by atoms with Crippen LogP contribution < -0.4 is 16.0 Å². The van der Waals surface area contributed by atoms with E-state index in [1.54, 1.807) is 0 Å². The molecule has 0 fully saturated rings. The normalized spacial score (nSPS) is 9.19. The van der Waals surface area contributed by atoms with Gasteiger partial charge in [0.25, 0.3) is 0 Å². The highest BCUT2D eigenvalue weighted by atomic mass is 35.5. The van der Waals surface area contributed by atoms with Crippen LogP contribution in [0.1, 0.15) is 20.8 Å². The molecule has 0 saturated carbocycles. The number of hydrogen-bond acceptors (Lipinski definition) is 6. The summed E-state index contributed by atoms with van der Waals surface area (Å²) in [4.78, 5) is 12.6. The molecular weight excluding hydrogens is 228 g/mol. The molecule has 0 aromatic carbocycles. The lowest BCUT2D eigenvalue weighted by Gasteiger charge is -2.08. The summed E-state index contributed by atoms with van der Waals surface area (Å²) in [6.07, 6.45) is 0. The van der Waals surface area contributed by atoms with E-state index in [2.05, 4.69) is 30.9 Å². The second kappa shape index (κ2) is 7.92. The van der Waals surface area contributed by atoms with Crippen molar-refractivity contribution in [1.82, 2.24) is 15.0 Å². The fourth-order valence-corrected chi connectivity index (χ4v) is 1.09. The third kappa shape index (κ3) is 4.48. The first kappa shape index (κ1) is 14.7. The average Bonchev–Trinajstić information content (AvgIpc) is 2.19. The average molecular weight is 247 g/mol. The Balaban J connectivity index is 0.00000225. The molecule has 0 unspecified atom stereocenters. The molecule has 1 rings (SSSR count). The van der Waals surface area contributed by atoms with Crippen molar-refractivity contribution in [1.29, 1.82) is 0 Å². The third-order valence-corrected chi connectivity index (χ3v) is 1.64. The van der Waals surface area contributed by atoms with Crippen molar-refractivity contribution in [3.63, 3.8) is 0 Å². The van der Waals surface area contributed by atoms with Crippen molar-refractivity contribution in [2.24, 2.45) is 0 Å². The minimum absolute atomic E-state index is 0. The summed E-state index contributed by atoms with van der Waals surface area (Å²) in [6, 6.07) is 0. The molecule has 0 atom stereocenters. The van der Waals surface area contributed by atoms with Crippen LogP contribution >= 0.6 is 12.4 Å². The quantitative estimate of drug-likeness (QED) is 0.708. The van der Waals surface area contributed by atoms with Crippen molar-refractivity contribution in [3.8, 4) is 0 Å². The second-order valence-corrected chi connectivity index (χ2v) is 2.90. The maximum atomic E-state index is 4.21. The summed E-state index contributed by atoms with van der Waals surface area (Å²) in [5, 5.41) is 9.19. The van der Waals surface area contributed by atoms with Crippen molar-refractivity contribution in [2.75, 3.05) is 35.6 Å². The summed E-state index contributed by atoms with van der Waals surface area (Å²) in [5.74, 6) is 1.79. The van der Waals surface area contributed by atoms with Gasteiger partial charge < -0.3 is 16.0 Å². The minimum Gasteiger partial charge on any atom is -0.354 e. The van der Waals surface area contributed by atoms with Crippen molar-refractivity contribution in [3.05, 3.63) is 0 Å². The largest absolute Gasteiger partial charge is 0.354 e. The van der Waals surface area contributed by atoms with Crippen molar-refractivity contribution in [2.45, 2.75) is 20.8 Å². The van der Waals surface area contributed by atoms with Crippen LogP contribution in [0.3, 0.4) is 0 Å². The van der Waals surface area contributed by atoms with Gasteiger partial charge in [-0.25, -0.2) is 0 Å². The Hall–Kier alpha value is -1.30. The zero-order valence-electron chi connectivity index (χ0n) is 9.87. The van der Waals surface area contributed by atoms with Gasteiger partial charge in [-0.3, -0.25) is 0 Å². The smallest absolute Gasteiger partial charge is 0.229 e. The molecule has 0 aliphatic rings. The Bertz CT molecular complexity index is 246. The molecule has 0 aliphatic heterocycles. The van der Waals surface area contributed by atoms with E-state index in [-0.39, 0.29) is 12.4 Å². The van der Waals surface area contributed by atoms with Gasteiger partial charge in [0.2, 0.25) is 17.8 Å². The Morgan fingerprint density at radius 2 is 0.938 bits per heavy atom. The number of hydrogen-bond donors (Lipinski definition) is 3.